The first kappa shape index (κ1) is 8.84. The van der Waals surface area contributed by atoms with Crippen LogP contribution in [0.1, 0.15) is 0 Å². The van der Waals surface area contributed by atoms with Crippen molar-refractivity contribution in [3.05, 3.63) is 42.9 Å². The SMILES string of the molecule is Nc1ncnc2c(-c3ccccc3)cnn12. The third kappa shape index (κ3) is 1.22. The van der Waals surface area contributed by atoms with Crippen molar-refractivity contribution in [2.75, 3.05) is 5.73 Å². The van der Waals surface area contributed by atoms with Gasteiger partial charge in [0, 0.05) is 5.56 Å². The number of benzene rings is 1. The van der Waals surface area contributed by atoms with E-state index in [2.05, 4.69) is 15.1 Å². The molecular weight excluding hydrogens is 202 g/mol. The number of nitrogen functional groups attached to an aromatic ring is 1. The molecule has 78 valence electrons. The van der Waals surface area contributed by atoms with Crippen LogP contribution in [0.25, 0.3) is 16.8 Å². The predicted molar refractivity (Wildman–Crippen MR) is 60.6 cm³/mol. The number of nitrogens with zero attached hydrogens (tertiary/aromatic N) is 4. The number of rotatable bonds is 1. The lowest BCUT2D eigenvalue weighted by molar-refractivity contribution is 0.909. The minimum absolute atomic E-state index is 0.340. The quantitative estimate of drug-likeness (QED) is 0.660. The van der Waals surface area contributed by atoms with Crippen LogP contribution >= 0.6 is 0 Å². The maximum absolute atomic E-state index is 5.70. The van der Waals surface area contributed by atoms with Crippen molar-refractivity contribution >= 4 is 11.6 Å². The van der Waals surface area contributed by atoms with E-state index >= 15 is 0 Å². The Morgan fingerprint density at radius 3 is 2.69 bits per heavy atom. The van der Waals surface area contributed by atoms with Gasteiger partial charge in [0.15, 0.2) is 5.65 Å². The maximum Gasteiger partial charge on any atom is 0.224 e. The predicted octanol–water partition coefficient (Wildman–Crippen LogP) is 1.37. The fourth-order valence-corrected chi connectivity index (χ4v) is 1.65. The molecule has 1 aromatic carbocycles. The van der Waals surface area contributed by atoms with Gasteiger partial charge in [0.05, 0.1) is 6.20 Å². The normalized spacial score (nSPS) is 10.8. The Morgan fingerprint density at radius 2 is 1.88 bits per heavy atom. The summed E-state index contributed by atoms with van der Waals surface area (Å²) in [4.78, 5) is 8.07. The van der Waals surface area contributed by atoms with Crippen molar-refractivity contribution in [1.82, 2.24) is 19.6 Å². The topological polar surface area (TPSA) is 69.1 Å². The summed E-state index contributed by atoms with van der Waals surface area (Å²) in [6, 6.07) is 9.94. The summed E-state index contributed by atoms with van der Waals surface area (Å²) in [5, 5.41) is 4.16. The number of anilines is 1. The molecule has 16 heavy (non-hydrogen) atoms. The van der Waals surface area contributed by atoms with Gasteiger partial charge in [-0.15, -0.1) is 0 Å². The first-order valence-electron chi connectivity index (χ1n) is 4.86. The van der Waals surface area contributed by atoms with Crippen LogP contribution in [0.4, 0.5) is 5.95 Å². The highest BCUT2D eigenvalue weighted by molar-refractivity contribution is 5.77. The summed E-state index contributed by atoms with van der Waals surface area (Å²) in [6.45, 7) is 0. The molecule has 0 aliphatic heterocycles. The highest BCUT2D eigenvalue weighted by atomic mass is 15.3. The highest BCUT2D eigenvalue weighted by Gasteiger charge is 2.08. The maximum atomic E-state index is 5.70. The Kier molecular flexibility index (Phi) is 1.83. The summed E-state index contributed by atoms with van der Waals surface area (Å²) < 4.78 is 1.53. The van der Waals surface area contributed by atoms with Crippen LogP contribution in [-0.4, -0.2) is 19.6 Å². The molecule has 0 saturated carbocycles. The molecule has 2 heterocycles. The average Bonchev–Trinajstić information content (AvgIpc) is 2.75. The lowest BCUT2D eigenvalue weighted by Crippen LogP contribution is -2.02. The average molecular weight is 211 g/mol. The van der Waals surface area contributed by atoms with Crippen molar-refractivity contribution in [2.45, 2.75) is 0 Å². The minimum Gasteiger partial charge on any atom is -0.368 e. The van der Waals surface area contributed by atoms with Crippen LogP contribution in [-0.2, 0) is 0 Å². The van der Waals surface area contributed by atoms with Gasteiger partial charge in [-0.3, -0.25) is 0 Å². The van der Waals surface area contributed by atoms with E-state index in [9.17, 15) is 0 Å². The van der Waals surface area contributed by atoms with E-state index in [0.717, 1.165) is 16.8 Å². The van der Waals surface area contributed by atoms with Gasteiger partial charge in [0.2, 0.25) is 5.95 Å². The Balaban J connectivity index is 2.30. The summed E-state index contributed by atoms with van der Waals surface area (Å²) in [7, 11) is 0. The Morgan fingerprint density at radius 1 is 1.06 bits per heavy atom. The Hall–Kier alpha value is -2.43. The monoisotopic (exact) mass is 211 g/mol. The summed E-state index contributed by atoms with van der Waals surface area (Å²) in [6.07, 6.45) is 3.19. The Labute approximate surface area is 91.6 Å². The second-order valence-corrected chi connectivity index (χ2v) is 3.39. The van der Waals surface area contributed by atoms with Crippen LogP contribution in [0.2, 0.25) is 0 Å². The minimum atomic E-state index is 0.340. The van der Waals surface area contributed by atoms with E-state index in [1.54, 1.807) is 6.20 Å². The van der Waals surface area contributed by atoms with Gasteiger partial charge >= 0.3 is 0 Å². The lowest BCUT2D eigenvalue weighted by Gasteiger charge is -1.98. The summed E-state index contributed by atoms with van der Waals surface area (Å²) >= 11 is 0. The molecule has 0 aliphatic carbocycles. The molecule has 5 heteroatoms. The number of nitrogens with two attached hydrogens (primary N) is 1. The molecule has 5 nitrogen and oxygen atoms in total. The van der Waals surface area contributed by atoms with E-state index in [4.69, 9.17) is 5.73 Å². The lowest BCUT2D eigenvalue weighted by atomic mass is 10.1. The fourth-order valence-electron chi connectivity index (χ4n) is 1.65. The zero-order valence-corrected chi connectivity index (χ0v) is 8.41. The molecule has 0 bridgehead atoms. The van der Waals surface area contributed by atoms with E-state index in [-0.39, 0.29) is 0 Å². The number of aromatic nitrogens is 4. The summed E-state index contributed by atoms with van der Waals surface area (Å²) in [5.74, 6) is 0.340. The molecule has 0 fully saturated rings. The van der Waals surface area contributed by atoms with Gasteiger partial charge in [0.25, 0.3) is 0 Å². The standard InChI is InChI=1S/C11H9N5/c12-11-14-7-13-10-9(6-15-16(10)11)8-4-2-1-3-5-8/h1-7H,(H2,12,13,14). The zero-order chi connectivity index (χ0) is 11.0. The number of hydrogen-bond acceptors (Lipinski definition) is 4. The van der Waals surface area contributed by atoms with E-state index in [0.29, 0.717) is 5.95 Å². The first-order valence-corrected chi connectivity index (χ1v) is 4.86. The summed E-state index contributed by atoms with van der Waals surface area (Å²) in [5.41, 5.74) is 8.44. The number of hydrogen-bond donors (Lipinski definition) is 1. The van der Waals surface area contributed by atoms with Crippen LogP contribution < -0.4 is 5.73 Å². The molecule has 3 rings (SSSR count). The van der Waals surface area contributed by atoms with E-state index in [1.165, 1.54) is 10.8 Å². The van der Waals surface area contributed by atoms with Gasteiger partial charge in [0.1, 0.15) is 6.33 Å². The van der Waals surface area contributed by atoms with Crippen molar-refractivity contribution in [1.29, 1.82) is 0 Å². The van der Waals surface area contributed by atoms with Gasteiger partial charge in [-0.2, -0.15) is 9.61 Å². The molecule has 2 N–H and O–H groups in total. The highest BCUT2D eigenvalue weighted by Crippen LogP contribution is 2.22. The molecule has 0 radical (unpaired) electrons. The third-order valence-electron chi connectivity index (χ3n) is 2.42. The van der Waals surface area contributed by atoms with Crippen molar-refractivity contribution in [2.24, 2.45) is 0 Å². The van der Waals surface area contributed by atoms with Crippen LogP contribution in [0.3, 0.4) is 0 Å². The first-order chi connectivity index (χ1) is 7.86. The van der Waals surface area contributed by atoms with Crippen LogP contribution in [0.15, 0.2) is 42.9 Å². The smallest absolute Gasteiger partial charge is 0.224 e. The molecular formula is C11H9N5. The molecule has 2 aromatic heterocycles. The fraction of sp³-hybridized carbons (Fsp3) is 0. The van der Waals surface area contributed by atoms with Crippen molar-refractivity contribution in [3.8, 4) is 11.1 Å². The zero-order valence-electron chi connectivity index (χ0n) is 8.41. The molecule has 0 amide bonds. The third-order valence-corrected chi connectivity index (χ3v) is 2.42. The van der Waals surface area contributed by atoms with Crippen molar-refractivity contribution < 1.29 is 0 Å². The Bertz CT molecular complexity index is 629. The van der Waals surface area contributed by atoms with Gasteiger partial charge < -0.3 is 5.73 Å². The molecule has 0 unspecified atom stereocenters. The van der Waals surface area contributed by atoms with E-state index < -0.39 is 0 Å². The van der Waals surface area contributed by atoms with Crippen LogP contribution in [0, 0.1) is 0 Å². The molecule has 0 atom stereocenters. The van der Waals surface area contributed by atoms with Gasteiger partial charge in [-0.05, 0) is 5.56 Å². The van der Waals surface area contributed by atoms with Crippen LogP contribution in [0.5, 0.6) is 0 Å². The van der Waals surface area contributed by atoms with E-state index in [1.807, 2.05) is 30.3 Å². The molecule has 0 aliphatic rings. The largest absolute Gasteiger partial charge is 0.368 e. The molecule has 3 aromatic rings. The van der Waals surface area contributed by atoms with Crippen molar-refractivity contribution in [3.63, 3.8) is 0 Å². The van der Waals surface area contributed by atoms with Gasteiger partial charge in [-0.1, -0.05) is 30.3 Å². The molecule has 0 spiro atoms. The second-order valence-electron chi connectivity index (χ2n) is 3.39. The second kappa shape index (κ2) is 3.30. The number of fused-ring (bicyclic) bond motifs is 1. The molecule has 0 saturated heterocycles. The van der Waals surface area contributed by atoms with Gasteiger partial charge in [-0.25, -0.2) is 9.97 Å².